The molecule has 1 saturated heterocycles. The van der Waals surface area contributed by atoms with Crippen LogP contribution in [0.2, 0.25) is 23.3 Å². The van der Waals surface area contributed by atoms with Crippen molar-refractivity contribution in [3.63, 3.8) is 0 Å². The van der Waals surface area contributed by atoms with E-state index in [-0.39, 0.29) is 48.4 Å². The lowest BCUT2D eigenvalue weighted by Gasteiger charge is -2.39. The highest BCUT2D eigenvalue weighted by Crippen LogP contribution is 2.48. The Hall–Kier alpha value is -1.11. The van der Waals surface area contributed by atoms with Gasteiger partial charge in [0, 0.05) is 6.42 Å². The summed E-state index contributed by atoms with van der Waals surface area (Å²) in [5.74, 6) is 0.0544. The first-order chi connectivity index (χ1) is 16.3. The van der Waals surface area contributed by atoms with Gasteiger partial charge in [-0.25, -0.2) is 4.98 Å². The standard InChI is InChI=1S/C21H37ClN5O6PSi/c1-8-30-34(28,31-9-2)13-29-11-15-14(33-35(6,7)21(3,4)5)10-16(32-15)27-12-24-17-18(22)25-20(23)26-19(17)27/h12,14-16H,8-11,13H2,1-7H3,(H2,23,25,26)/t14?,15-,16-/m1/s1. The summed E-state index contributed by atoms with van der Waals surface area (Å²) in [6.45, 7) is 15.1. The number of hydrogen-bond donors (Lipinski definition) is 1. The van der Waals surface area contributed by atoms with Crippen LogP contribution in [0.5, 0.6) is 0 Å². The van der Waals surface area contributed by atoms with E-state index in [0.717, 1.165) is 0 Å². The van der Waals surface area contributed by atoms with Crippen LogP contribution in [-0.2, 0) is 27.5 Å². The van der Waals surface area contributed by atoms with Gasteiger partial charge >= 0.3 is 7.60 Å². The third kappa shape index (κ3) is 6.61. The van der Waals surface area contributed by atoms with Gasteiger partial charge in [-0.1, -0.05) is 32.4 Å². The minimum atomic E-state index is -3.34. The van der Waals surface area contributed by atoms with E-state index in [1.807, 2.05) is 0 Å². The average Bonchev–Trinajstić information content (AvgIpc) is 3.31. The molecule has 3 heterocycles. The van der Waals surface area contributed by atoms with E-state index >= 15 is 0 Å². The normalized spacial score (nSPS) is 21.8. The van der Waals surface area contributed by atoms with Crippen molar-refractivity contribution in [1.82, 2.24) is 19.5 Å². The molecule has 0 bridgehead atoms. The zero-order valence-corrected chi connectivity index (χ0v) is 24.1. The Morgan fingerprint density at radius 2 is 1.91 bits per heavy atom. The van der Waals surface area contributed by atoms with Crippen LogP contribution in [-0.4, -0.2) is 66.2 Å². The van der Waals surface area contributed by atoms with Gasteiger partial charge in [-0.05, 0) is 32.0 Å². The van der Waals surface area contributed by atoms with E-state index < -0.39 is 28.2 Å². The number of rotatable bonds is 11. The Morgan fingerprint density at radius 1 is 1.26 bits per heavy atom. The number of nitrogen functional groups attached to an aromatic ring is 1. The van der Waals surface area contributed by atoms with Crippen LogP contribution in [0.1, 0.15) is 47.3 Å². The molecule has 0 radical (unpaired) electrons. The van der Waals surface area contributed by atoms with Crippen LogP contribution >= 0.6 is 19.2 Å². The number of nitrogens with two attached hydrogens (primary N) is 1. The number of fused-ring (bicyclic) bond motifs is 1. The van der Waals surface area contributed by atoms with Crippen molar-refractivity contribution in [2.75, 3.05) is 31.9 Å². The fourth-order valence-electron chi connectivity index (χ4n) is 3.59. The Bertz CT molecular complexity index is 1050. The van der Waals surface area contributed by atoms with Crippen molar-refractivity contribution in [3.05, 3.63) is 11.5 Å². The quantitative estimate of drug-likeness (QED) is 0.232. The summed E-state index contributed by atoms with van der Waals surface area (Å²) in [6.07, 6.45) is 0.880. The Balaban J connectivity index is 1.82. The van der Waals surface area contributed by atoms with Crippen LogP contribution in [0.4, 0.5) is 5.95 Å². The lowest BCUT2D eigenvalue weighted by molar-refractivity contribution is -0.0549. The second-order valence-corrected chi connectivity index (χ2v) is 17.0. The largest absolute Gasteiger partial charge is 0.411 e. The van der Waals surface area contributed by atoms with Gasteiger partial charge in [0.2, 0.25) is 5.95 Å². The van der Waals surface area contributed by atoms with Gasteiger partial charge < -0.3 is 28.7 Å². The lowest BCUT2D eigenvalue weighted by atomic mass is 10.2. The molecule has 2 aromatic heterocycles. The van der Waals surface area contributed by atoms with Gasteiger partial charge in [0.05, 0.1) is 32.3 Å². The van der Waals surface area contributed by atoms with Crippen LogP contribution < -0.4 is 5.73 Å². The molecule has 1 fully saturated rings. The summed E-state index contributed by atoms with van der Waals surface area (Å²) in [7, 11) is -5.47. The molecule has 1 unspecified atom stereocenters. The highest BCUT2D eigenvalue weighted by molar-refractivity contribution is 7.53. The highest BCUT2D eigenvalue weighted by atomic mass is 35.5. The lowest BCUT2D eigenvalue weighted by Crippen LogP contribution is -2.46. The van der Waals surface area contributed by atoms with Crippen LogP contribution in [0.15, 0.2) is 6.33 Å². The van der Waals surface area contributed by atoms with E-state index in [1.165, 1.54) is 0 Å². The van der Waals surface area contributed by atoms with E-state index in [9.17, 15) is 4.57 Å². The van der Waals surface area contributed by atoms with Gasteiger partial charge in [-0.2, -0.15) is 9.97 Å². The molecule has 2 N–H and O–H groups in total. The number of halogens is 1. The summed E-state index contributed by atoms with van der Waals surface area (Å²) in [4.78, 5) is 12.6. The maximum atomic E-state index is 12.8. The number of aromatic nitrogens is 4. The molecular formula is C21H37ClN5O6PSi. The summed E-state index contributed by atoms with van der Waals surface area (Å²) in [5, 5.41) is 0.188. The second-order valence-electron chi connectivity index (χ2n) is 9.92. The molecule has 3 atom stereocenters. The van der Waals surface area contributed by atoms with Crippen molar-refractivity contribution >= 4 is 44.6 Å². The third-order valence-electron chi connectivity index (χ3n) is 6.32. The summed E-state index contributed by atoms with van der Waals surface area (Å²) in [5.41, 5.74) is 6.74. The number of ether oxygens (including phenoxy) is 2. The van der Waals surface area contributed by atoms with Crippen molar-refractivity contribution in [3.8, 4) is 0 Å². The first kappa shape index (κ1) is 28.5. The maximum absolute atomic E-state index is 12.8. The van der Waals surface area contributed by atoms with E-state index in [2.05, 4.69) is 48.8 Å². The first-order valence-electron chi connectivity index (χ1n) is 11.7. The third-order valence-corrected chi connectivity index (χ3v) is 12.9. The fourth-order valence-corrected chi connectivity index (χ4v) is 6.51. The zero-order valence-electron chi connectivity index (χ0n) is 21.5. The Kier molecular flexibility index (Phi) is 9.03. The van der Waals surface area contributed by atoms with E-state index in [0.29, 0.717) is 17.6 Å². The molecule has 0 spiro atoms. The number of imidazole rings is 1. The molecule has 3 rings (SSSR count). The number of hydrogen-bond acceptors (Lipinski definition) is 10. The molecule has 0 saturated carbocycles. The van der Waals surface area contributed by atoms with Gasteiger partial charge in [0.25, 0.3) is 0 Å². The maximum Gasteiger partial charge on any atom is 0.356 e. The van der Waals surface area contributed by atoms with Gasteiger partial charge in [0.15, 0.2) is 19.1 Å². The Labute approximate surface area is 212 Å². The predicted molar refractivity (Wildman–Crippen MR) is 137 cm³/mol. The predicted octanol–water partition coefficient (Wildman–Crippen LogP) is 4.98. The highest BCUT2D eigenvalue weighted by Gasteiger charge is 2.45. The van der Waals surface area contributed by atoms with Crippen molar-refractivity contribution in [2.45, 2.75) is 77.6 Å². The SMILES string of the molecule is CCOP(=O)(COC[C@H]1O[C@@H](n2cnc3c(Cl)nc(N)nc32)CC1O[Si](C)(C)C(C)(C)C)OCC. The van der Waals surface area contributed by atoms with E-state index in [1.54, 1.807) is 24.7 Å². The minimum Gasteiger partial charge on any atom is -0.411 e. The molecule has 2 aromatic rings. The molecule has 0 aromatic carbocycles. The Morgan fingerprint density at radius 3 is 2.51 bits per heavy atom. The zero-order chi connectivity index (χ0) is 26.0. The van der Waals surface area contributed by atoms with Crippen LogP contribution in [0.25, 0.3) is 11.2 Å². The van der Waals surface area contributed by atoms with Crippen LogP contribution in [0, 0.1) is 0 Å². The van der Waals surface area contributed by atoms with Gasteiger partial charge in [-0.3, -0.25) is 9.13 Å². The van der Waals surface area contributed by atoms with E-state index in [4.69, 9.17) is 40.3 Å². The molecule has 35 heavy (non-hydrogen) atoms. The summed E-state index contributed by atoms with van der Waals surface area (Å²) >= 11 is 6.20. The second kappa shape index (κ2) is 11.1. The molecule has 1 aliphatic rings. The van der Waals surface area contributed by atoms with Gasteiger partial charge in [0.1, 0.15) is 24.2 Å². The number of nitrogens with zero attached hydrogens (tertiary/aromatic N) is 4. The molecule has 14 heteroatoms. The molecule has 1 aliphatic heterocycles. The van der Waals surface area contributed by atoms with Crippen molar-refractivity contribution < 1.29 is 27.5 Å². The number of anilines is 1. The molecule has 198 valence electrons. The smallest absolute Gasteiger partial charge is 0.356 e. The molecule has 0 aliphatic carbocycles. The topological polar surface area (TPSA) is 133 Å². The van der Waals surface area contributed by atoms with Crippen molar-refractivity contribution in [1.29, 1.82) is 0 Å². The minimum absolute atomic E-state index is 0.00698. The van der Waals surface area contributed by atoms with Gasteiger partial charge in [-0.15, -0.1) is 0 Å². The first-order valence-corrected chi connectivity index (χ1v) is 16.8. The van der Waals surface area contributed by atoms with Crippen LogP contribution in [0.3, 0.4) is 0 Å². The molecule has 11 nitrogen and oxygen atoms in total. The summed E-state index contributed by atoms with van der Waals surface area (Å²) in [6, 6.07) is 0. The summed E-state index contributed by atoms with van der Waals surface area (Å²) < 4.78 is 44.2. The molecule has 0 amide bonds. The molecular weight excluding hydrogens is 513 g/mol. The average molecular weight is 550 g/mol. The monoisotopic (exact) mass is 549 g/mol. The van der Waals surface area contributed by atoms with Crippen molar-refractivity contribution in [2.24, 2.45) is 0 Å². The fraction of sp³-hybridized carbons (Fsp3) is 0.762.